The Kier molecular flexibility index (Phi) is 4.42. The maximum Gasteiger partial charge on any atom is 0.233 e. The smallest absolute Gasteiger partial charge is 0.233 e. The molecule has 3 rings (SSSR count). The number of carbonyl (C=O) groups is 1. The van der Waals surface area contributed by atoms with Crippen LogP contribution < -0.4 is 0 Å². The molecule has 1 aromatic heterocycles. The molecule has 2 fully saturated rings. The first kappa shape index (κ1) is 16.4. The van der Waals surface area contributed by atoms with Crippen molar-refractivity contribution in [3.05, 3.63) is 11.7 Å². The van der Waals surface area contributed by atoms with E-state index < -0.39 is 0 Å². The molecule has 3 heterocycles. The molecule has 1 aromatic rings. The molecule has 7 nitrogen and oxygen atoms in total. The monoisotopic (exact) mass is 323 g/mol. The Bertz CT molecular complexity index is 565. The zero-order valence-corrected chi connectivity index (χ0v) is 14.2. The van der Waals surface area contributed by atoms with Crippen LogP contribution in [0.25, 0.3) is 0 Å². The summed E-state index contributed by atoms with van der Waals surface area (Å²) in [6.45, 7) is 10.7. The van der Waals surface area contributed by atoms with Crippen molar-refractivity contribution in [3.63, 3.8) is 0 Å². The lowest BCUT2D eigenvalue weighted by molar-refractivity contribution is -0.188. The molecule has 23 heavy (non-hydrogen) atoms. The average Bonchev–Trinajstić information content (AvgIpc) is 2.95. The lowest BCUT2D eigenvalue weighted by Gasteiger charge is -2.47. The van der Waals surface area contributed by atoms with Crippen LogP contribution in [0.1, 0.15) is 51.4 Å². The number of ether oxygens (including phenoxy) is 2. The highest BCUT2D eigenvalue weighted by molar-refractivity contribution is 5.84. The third-order valence-electron chi connectivity index (χ3n) is 4.84. The molecular weight excluding hydrogens is 298 g/mol. The van der Waals surface area contributed by atoms with Crippen molar-refractivity contribution >= 4 is 5.91 Å². The summed E-state index contributed by atoms with van der Waals surface area (Å²) in [6.07, 6.45) is -0.325. The highest BCUT2D eigenvalue weighted by atomic mass is 16.5. The van der Waals surface area contributed by atoms with Crippen LogP contribution in [0, 0.1) is 11.3 Å². The molecule has 128 valence electrons. The number of aromatic nitrogens is 2. The van der Waals surface area contributed by atoms with Crippen molar-refractivity contribution in [3.8, 4) is 0 Å². The highest BCUT2D eigenvalue weighted by Gasteiger charge is 2.51. The molecular formula is C16H25N3O4. The molecule has 2 aliphatic heterocycles. The van der Waals surface area contributed by atoms with Gasteiger partial charge in [0.25, 0.3) is 0 Å². The molecule has 2 aliphatic rings. The van der Waals surface area contributed by atoms with Crippen molar-refractivity contribution < 1.29 is 18.8 Å². The topological polar surface area (TPSA) is 77.7 Å². The molecule has 0 unspecified atom stereocenters. The van der Waals surface area contributed by atoms with Gasteiger partial charge in [-0.1, -0.05) is 32.9 Å². The number of hydrogen-bond donors (Lipinski definition) is 0. The minimum Gasteiger partial charge on any atom is -0.379 e. The van der Waals surface area contributed by atoms with E-state index in [1.807, 2.05) is 18.7 Å². The van der Waals surface area contributed by atoms with E-state index in [-0.39, 0.29) is 29.3 Å². The maximum atomic E-state index is 13.0. The van der Waals surface area contributed by atoms with Crippen molar-refractivity contribution in [2.75, 3.05) is 32.9 Å². The van der Waals surface area contributed by atoms with Gasteiger partial charge in [0, 0.05) is 12.5 Å². The fourth-order valence-corrected chi connectivity index (χ4v) is 2.94. The van der Waals surface area contributed by atoms with Gasteiger partial charge in [-0.25, -0.2) is 0 Å². The second-order valence-electron chi connectivity index (χ2n) is 7.06. The summed E-state index contributed by atoms with van der Waals surface area (Å²) >= 11 is 0. The molecule has 7 heteroatoms. The van der Waals surface area contributed by atoms with E-state index in [0.29, 0.717) is 44.6 Å². The molecule has 0 aromatic carbocycles. The second kappa shape index (κ2) is 6.20. The van der Waals surface area contributed by atoms with E-state index in [1.54, 1.807) is 0 Å². The Morgan fingerprint density at radius 3 is 2.57 bits per heavy atom. The molecule has 0 saturated carbocycles. The van der Waals surface area contributed by atoms with E-state index in [4.69, 9.17) is 14.0 Å². The predicted octanol–water partition coefficient (Wildman–Crippen LogP) is 1.77. The van der Waals surface area contributed by atoms with Crippen molar-refractivity contribution in [1.29, 1.82) is 0 Å². The van der Waals surface area contributed by atoms with Crippen LogP contribution >= 0.6 is 0 Å². The first-order chi connectivity index (χ1) is 10.9. The molecule has 1 atom stereocenters. The predicted molar refractivity (Wildman–Crippen MR) is 81.8 cm³/mol. The highest BCUT2D eigenvalue weighted by Crippen LogP contribution is 2.38. The summed E-state index contributed by atoms with van der Waals surface area (Å²) in [5.41, 5.74) is -0.387. The SMILES string of the molecule is CC(C)c1nc([C@@H]2CN(C(=O)C3(C(C)C)COC3)CCO2)no1. The van der Waals surface area contributed by atoms with Crippen molar-refractivity contribution in [2.45, 2.75) is 39.7 Å². The summed E-state index contributed by atoms with van der Waals surface area (Å²) in [5, 5.41) is 4.01. The minimum absolute atomic E-state index is 0.152. The van der Waals surface area contributed by atoms with Gasteiger partial charge in [-0.3, -0.25) is 4.79 Å². The Balaban J connectivity index is 1.71. The Labute approximate surface area is 136 Å². The standard InChI is InChI=1S/C16H25N3O4/c1-10(2)14-17-13(18-23-14)12-7-19(5-6-22-12)15(20)16(11(3)4)8-21-9-16/h10-12H,5-9H2,1-4H3/t12-/m0/s1. The van der Waals surface area contributed by atoms with Gasteiger partial charge in [0.1, 0.15) is 6.10 Å². The quantitative estimate of drug-likeness (QED) is 0.840. The molecule has 2 saturated heterocycles. The van der Waals surface area contributed by atoms with Gasteiger partial charge in [0.05, 0.1) is 31.8 Å². The van der Waals surface area contributed by atoms with E-state index in [9.17, 15) is 4.79 Å². The van der Waals surface area contributed by atoms with E-state index >= 15 is 0 Å². The average molecular weight is 323 g/mol. The summed E-state index contributed by atoms with van der Waals surface area (Å²) in [4.78, 5) is 19.2. The lowest BCUT2D eigenvalue weighted by Crippen LogP contribution is -2.60. The zero-order valence-electron chi connectivity index (χ0n) is 14.2. The first-order valence-corrected chi connectivity index (χ1v) is 8.26. The fourth-order valence-electron chi connectivity index (χ4n) is 2.94. The largest absolute Gasteiger partial charge is 0.379 e. The first-order valence-electron chi connectivity index (χ1n) is 8.26. The van der Waals surface area contributed by atoms with Gasteiger partial charge < -0.3 is 18.9 Å². The number of nitrogens with zero attached hydrogens (tertiary/aromatic N) is 3. The van der Waals surface area contributed by atoms with E-state index in [2.05, 4.69) is 24.0 Å². The normalized spacial score (nSPS) is 24.1. The van der Waals surface area contributed by atoms with Crippen LogP contribution in [-0.4, -0.2) is 53.9 Å². The molecule has 0 N–H and O–H groups in total. The summed E-state index contributed by atoms with van der Waals surface area (Å²) in [5.74, 6) is 1.70. The van der Waals surface area contributed by atoms with Crippen LogP contribution in [0.3, 0.4) is 0 Å². The van der Waals surface area contributed by atoms with Crippen LogP contribution in [0.15, 0.2) is 4.52 Å². The molecule has 0 radical (unpaired) electrons. The van der Waals surface area contributed by atoms with Gasteiger partial charge in [0.2, 0.25) is 17.6 Å². The molecule has 0 bridgehead atoms. The number of amides is 1. The maximum absolute atomic E-state index is 13.0. The van der Waals surface area contributed by atoms with Crippen LogP contribution in [0.4, 0.5) is 0 Å². The Morgan fingerprint density at radius 2 is 2.04 bits per heavy atom. The van der Waals surface area contributed by atoms with Gasteiger partial charge in [-0.15, -0.1) is 0 Å². The van der Waals surface area contributed by atoms with Crippen molar-refractivity contribution in [1.82, 2.24) is 15.0 Å². The van der Waals surface area contributed by atoms with Crippen molar-refractivity contribution in [2.24, 2.45) is 11.3 Å². The number of rotatable bonds is 4. The van der Waals surface area contributed by atoms with E-state index in [1.165, 1.54) is 0 Å². The van der Waals surface area contributed by atoms with Crippen LogP contribution in [0.2, 0.25) is 0 Å². The second-order valence-corrected chi connectivity index (χ2v) is 7.06. The number of carbonyl (C=O) groups excluding carboxylic acids is 1. The minimum atomic E-state index is -0.387. The fraction of sp³-hybridized carbons (Fsp3) is 0.812. The Morgan fingerprint density at radius 1 is 1.30 bits per heavy atom. The summed E-state index contributed by atoms with van der Waals surface area (Å²) in [7, 11) is 0. The third kappa shape index (κ3) is 2.87. The van der Waals surface area contributed by atoms with Gasteiger partial charge in [-0.2, -0.15) is 4.98 Å². The molecule has 0 aliphatic carbocycles. The zero-order chi connectivity index (χ0) is 16.6. The summed E-state index contributed by atoms with van der Waals surface area (Å²) < 4.78 is 16.3. The molecule has 1 amide bonds. The van der Waals surface area contributed by atoms with Gasteiger partial charge in [-0.05, 0) is 5.92 Å². The summed E-state index contributed by atoms with van der Waals surface area (Å²) in [6, 6.07) is 0. The third-order valence-corrected chi connectivity index (χ3v) is 4.84. The number of morpholine rings is 1. The number of hydrogen-bond acceptors (Lipinski definition) is 6. The lowest BCUT2D eigenvalue weighted by atomic mass is 9.74. The Hall–Kier alpha value is -1.47. The van der Waals surface area contributed by atoms with Gasteiger partial charge in [0.15, 0.2) is 0 Å². The van der Waals surface area contributed by atoms with Gasteiger partial charge >= 0.3 is 0 Å². The van der Waals surface area contributed by atoms with Crippen LogP contribution in [0.5, 0.6) is 0 Å². The van der Waals surface area contributed by atoms with Crippen LogP contribution in [-0.2, 0) is 14.3 Å². The molecule has 0 spiro atoms. The van der Waals surface area contributed by atoms with E-state index in [0.717, 1.165) is 0 Å².